The van der Waals surface area contributed by atoms with Crippen LogP contribution >= 0.6 is 0 Å². The number of likely N-dealkylation sites (N-methyl/N-ethyl adjacent to an activating group) is 1. The van der Waals surface area contributed by atoms with Crippen LogP contribution in [0.15, 0.2) is 18.2 Å². The molecule has 0 saturated heterocycles. The minimum absolute atomic E-state index is 0.224. The normalized spacial score (nSPS) is 13.4. The lowest BCUT2D eigenvalue weighted by molar-refractivity contribution is 0.306. The van der Waals surface area contributed by atoms with E-state index in [4.69, 9.17) is 4.74 Å². The Morgan fingerprint density at radius 2 is 2.00 bits per heavy atom. The molecule has 1 N–H and O–H groups in total. The molecule has 3 heteroatoms. The van der Waals surface area contributed by atoms with Crippen molar-refractivity contribution >= 4 is 0 Å². The third kappa shape index (κ3) is 5.19. The van der Waals surface area contributed by atoms with Crippen molar-refractivity contribution in [1.29, 1.82) is 0 Å². The molecule has 0 aliphatic rings. The van der Waals surface area contributed by atoms with Gasteiger partial charge >= 0.3 is 0 Å². The summed E-state index contributed by atoms with van der Waals surface area (Å²) in [5.41, 5.74) is 0.942. The lowest BCUT2D eigenvalue weighted by atomic mass is 9.85. The molecule has 0 amide bonds. The molecule has 0 aromatic heterocycles. The van der Waals surface area contributed by atoms with Gasteiger partial charge in [0.1, 0.15) is 0 Å². The van der Waals surface area contributed by atoms with Gasteiger partial charge in [-0.25, -0.2) is 4.39 Å². The number of hydrogen-bond acceptors (Lipinski definition) is 2. The molecular formula is C16H26FNO. The first-order valence-electron chi connectivity index (χ1n) is 6.92. The van der Waals surface area contributed by atoms with Crippen LogP contribution in [-0.2, 0) is 6.42 Å². The second kappa shape index (κ2) is 6.90. The van der Waals surface area contributed by atoms with Gasteiger partial charge in [0.2, 0.25) is 0 Å². The van der Waals surface area contributed by atoms with Gasteiger partial charge in [-0.1, -0.05) is 39.8 Å². The molecule has 1 atom stereocenters. The van der Waals surface area contributed by atoms with Gasteiger partial charge in [0.05, 0.1) is 7.11 Å². The highest BCUT2D eigenvalue weighted by atomic mass is 19.1. The Balaban J connectivity index is 2.84. The van der Waals surface area contributed by atoms with Crippen molar-refractivity contribution in [2.45, 2.75) is 46.6 Å². The summed E-state index contributed by atoms with van der Waals surface area (Å²) in [5.74, 6) is 0.0883. The largest absolute Gasteiger partial charge is 0.494 e. The van der Waals surface area contributed by atoms with E-state index in [9.17, 15) is 4.39 Å². The molecule has 108 valence electrons. The summed E-state index contributed by atoms with van der Waals surface area (Å²) in [6, 6.07) is 5.62. The highest BCUT2D eigenvalue weighted by molar-refractivity contribution is 5.31. The summed E-state index contributed by atoms with van der Waals surface area (Å²) in [5, 5.41) is 3.44. The number of nitrogens with one attached hydrogen (secondary N) is 1. The summed E-state index contributed by atoms with van der Waals surface area (Å²) in [7, 11) is 1.50. The van der Waals surface area contributed by atoms with E-state index in [-0.39, 0.29) is 17.3 Å². The maximum absolute atomic E-state index is 14.2. The van der Waals surface area contributed by atoms with E-state index >= 15 is 0 Å². The van der Waals surface area contributed by atoms with Crippen molar-refractivity contribution in [2.75, 3.05) is 13.7 Å². The van der Waals surface area contributed by atoms with Crippen molar-refractivity contribution in [3.05, 3.63) is 29.6 Å². The van der Waals surface area contributed by atoms with Crippen LogP contribution in [0, 0.1) is 11.2 Å². The Hall–Kier alpha value is -1.09. The lowest BCUT2D eigenvalue weighted by Crippen LogP contribution is -2.34. The minimum atomic E-state index is -0.234. The number of ether oxygens (including phenoxy) is 1. The highest BCUT2D eigenvalue weighted by Crippen LogP contribution is 2.25. The Kier molecular flexibility index (Phi) is 5.80. The second-order valence-corrected chi connectivity index (χ2v) is 6.16. The van der Waals surface area contributed by atoms with Crippen molar-refractivity contribution in [3.63, 3.8) is 0 Å². The average Bonchev–Trinajstić information content (AvgIpc) is 2.30. The van der Waals surface area contributed by atoms with Gasteiger partial charge in [-0.05, 0) is 36.4 Å². The molecule has 1 aromatic carbocycles. The summed E-state index contributed by atoms with van der Waals surface area (Å²) in [6.07, 6.45) is 1.70. The summed E-state index contributed by atoms with van der Waals surface area (Å²) >= 11 is 0. The van der Waals surface area contributed by atoms with Crippen LogP contribution in [0.25, 0.3) is 0 Å². The van der Waals surface area contributed by atoms with Crippen molar-refractivity contribution in [2.24, 2.45) is 5.41 Å². The van der Waals surface area contributed by atoms with E-state index in [1.807, 2.05) is 12.1 Å². The first kappa shape index (κ1) is 16.0. The zero-order chi connectivity index (χ0) is 14.5. The van der Waals surface area contributed by atoms with E-state index in [0.29, 0.717) is 12.2 Å². The monoisotopic (exact) mass is 267 g/mol. The molecule has 0 bridgehead atoms. The maximum Gasteiger partial charge on any atom is 0.168 e. The third-order valence-corrected chi connectivity index (χ3v) is 3.08. The number of benzene rings is 1. The zero-order valence-corrected chi connectivity index (χ0v) is 12.7. The molecule has 0 aliphatic heterocycles. The van der Waals surface area contributed by atoms with Crippen LogP contribution in [0.5, 0.6) is 5.75 Å². The van der Waals surface area contributed by atoms with E-state index < -0.39 is 0 Å². The van der Waals surface area contributed by atoms with Gasteiger partial charge in [-0.3, -0.25) is 0 Å². The van der Waals surface area contributed by atoms with Gasteiger partial charge in [-0.15, -0.1) is 0 Å². The molecule has 19 heavy (non-hydrogen) atoms. The van der Waals surface area contributed by atoms with Crippen LogP contribution < -0.4 is 10.1 Å². The number of methoxy groups -OCH3 is 1. The van der Waals surface area contributed by atoms with Gasteiger partial charge in [-0.2, -0.15) is 0 Å². The fourth-order valence-electron chi connectivity index (χ4n) is 2.38. The minimum Gasteiger partial charge on any atom is -0.494 e. The number of hydrogen-bond donors (Lipinski definition) is 1. The topological polar surface area (TPSA) is 21.3 Å². The Labute approximate surface area is 116 Å². The first-order valence-corrected chi connectivity index (χ1v) is 6.92. The number of halogens is 1. The van der Waals surface area contributed by atoms with Crippen LogP contribution in [-0.4, -0.2) is 19.7 Å². The molecule has 1 rings (SSSR count). The fourth-order valence-corrected chi connectivity index (χ4v) is 2.38. The van der Waals surface area contributed by atoms with E-state index in [1.54, 1.807) is 6.07 Å². The van der Waals surface area contributed by atoms with E-state index in [2.05, 4.69) is 33.0 Å². The van der Waals surface area contributed by atoms with Gasteiger partial charge in [0.15, 0.2) is 11.6 Å². The SMILES string of the molecule is CCNC(Cc1cccc(OC)c1F)CC(C)(C)C. The average molecular weight is 267 g/mol. The van der Waals surface area contributed by atoms with E-state index in [0.717, 1.165) is 18.5 Å². The maximum atomic E-state index is 14.2. The molecule has 0 fully saturated rings. The van der Waals surface area contributed by atoms with Gasteiger partial charge < -0.3 is 10.1 Å². The van der Waals surface area contributed by atoms with Crippen molar-refractivity contribution in [3.8, 4) is 5.75 Å². The molecule has 0 heterocycles. The van der Waals surface area contributed by atoms with Crippen LogP contribution in [0.1, 0.15) is 39.7 Å². The summed E-state index contributed by atoms with van der Waals surface area (Å²) in [6.45, 7) is 9.60. The Morgan fingerprint density at radius 1 is 1.32 bits per heavy atom. The predicted molar refractivity (Wildman–Crippen MR) is 78.2 cm³/mol. The molecule has 1 unspecified atom stereocenters. The first-order chi connectivity index (χ1) is 8.87. The highest BCUT2D eigenvalue weighted by Gasteiger charge is 2.20. The molecule has 0 radical (unpaired) electrons. The van der Waals surface area contributed by atoms with Crippen LogP contribution in [0.4, 0.5) is 4.39 Å². The smallest absolute Gasteiger partial charge is 0.168 e. The third-order valence-electron chi connectivity index (χ3n) is 3.08. The van der Waals surface area contributed by atoms with Crippen molar-refractivity contribution < 1.29 is 9.13 Å². The van der Waals surface area contributed by atoms with E-state index in [1.165, 1.54) is 7.11 Å². The lowest BCUT2D eigenvalue weighted by Gasteiger charge is -2.27. The van der Waals surface area contributed by atoms with Gasteiger partial charge in [0, 0.05) is 6.04 Å². The predicted octanol–water partition coefficient (Wildman–Crippen LogP) is 3.79. The molecule has 2 nitrogen and oxygen atoms in total. The van der Waals surface area contributed by atoms with Gasteiger partial charge in [0.25, 0.3) is 0 Å². The Morgan fingerprint density at radius 3 is 2.53 bits per heavy atom. The molecular weight excluding hydrogens is 241 g/mol. The molecule has 0 saturated carbocycles. The quantitative estimate of drug-likeness (QED) is 0.846. The molecule has 0 aliphatic carbocycles. The summed E-state index contributed by atoms with van der Waals surface area (Å²) < 4.78 is 19.2. The molecule has 1 aromatic rings. The standard InChI is InChI=1S/C16H26FNO/c1-6-18-13(11-16(2,3)4)10-12-8-7-9-14(19-5)15(12)17/h7-9,13,18H,6,10-11H2,1-5H3. The van der Waals surface area contributed by atoms with Crippen LogP contribution in [0.2, 0.25) is 0 Å². The number of rotatable bonds is 6. The van der Waals surface area contributed by atoms with Crippen molar-refractivity contribution in [1.82, 2.24) is 5.32 Å². The molecule has 0 spiro atoms. The zero-order valence-electron chi connectivity index (χ0n) is 12.7. The second-order valence-electron chi connectivity index (χ2n) is 6.16. The summed E-state index contributed by atoms with van der Waals surface area (Å²) in [4.78, 5) is 0. The Bertz CT molecular complexity index is 398. The van der Waals surface area contributed by atoms with Crippen LogP contribution in [0.3, 0.4) is 0 Å². The fraction of sp³-hybridized carbons (Fsp3) is 0.625.